The highest BCUT2D eigenvalue weighted by atomic mass is 16.3. The molecular formula is C26H27N7O2. The van der Waals surface area contributed by atoms with Crippen LogP contribution in [0.4, 0.5) is 0 Å². The number of carbonyl (C=O) groups is 1. The lowest BCUT2D eigenvalue weighted by atomic mass is 10.00. The molecule has 2 unspecified atom stereocenters. The van der Waals surface area contributed by atoms with Gasteiger partial charge in [-0.25, -0.2) is 9.97 Å². The molecule has 1 amide bonds. The second kappa shape index (κ2) is 8.74. The van der Waals surface area contributed by atoms with Crippen LogP contribution in [0.15, 0.2) is 61.4 Å². The van der Waals surface area contributed by atoms with Crippen LogP contribution in [0.5, 0.6) is 0 Å². The highest BCUT2D eigenvalue weighted by Gasteiger charge is 2.42. The average Bonchev–Trinajstić information content (AvgIpc) is 3.57. The average molecular weight is 470 g/mol. The van der Waals surface area contributed by atoms with Crippen molar-refractivity contribution in [2.24, 2.45) is 7.05 Å². The van der Waals surface area contributed by atoms with Crippen LogP contribution in [-0.2, 0) is 18.4 Å². The quantitative estimate of drug-likeness (QED) is 0.482. The summed E-state index contributed by atoms with van der Waals surface area (Å²) in [6.45, 7) is 0.198. The summed E-state index contributed by atoms with van der Waals surface area (Å²) < 4.78 is 3.45. The topological polar surface area (TPSA) is 102 Å². The number of rotatable bonds is 5. The molecule has 178 valence electrons. The van der Waals surface area contributed by atoms with Crippen LogP contribution in [0.3, 0.4) is 0 Å². The number of fused-ring (bicyclic) bond motifs is 2. The van der Waals surface area contributed by atoms with Gasteiger partial charge in [-0.2, -0.15) is 10.2 Å². The Morgan fingerprint density at radius 1 is 0.914 bits per heavy atom. The molecule has 3 aromatic heterocycles. The molecule has 5 heterocycles. The summed E-state index contributed by atoms with van der Waals surface area (Å²) in [5.74, 6) is 0.712. The largest absolute Gasteiger partial charge is 0.393 e. The molecule has 9 heteroatoms. The highest BCUT2D eigenvalue weighted by molar-refractivity contribution is 5.77. The number of benzene rings is 1. The van der Waals surface area contributed by atoms with Gasteiger partial charge < -0.3 is 10.0 Å². The van der Waals surface area contributed by atoms with E-state index in [1.807, 2.05) is 48.7 Å². The fourth-order valence-corrected chi connectivity index (χ4v) is 5.41. The molecule has 2 aliphatic rings. The molecule has 35 heavy (non-hydrogen) atoms. The third-order valence-corrected chi connectivity index (χ3v) is 7.07. The molecule has 0 saturated carbocycles. The second-order valence-electron chi connectivity index (χ2n) is 9.52. The van der Waals surface area contributed by atoms with Crippen molar-refractivity contribution in [1.82, 2.24) is 34.4 Å². The van der Waals surface area contributed by atoms with Crippen LogP contribution in [0.1, 0.15) is 25.7 Å². The Bertz CT molecular complexity index is 1350. The Hall–Kier alpha value is -3.85. The molecule has 0 aliphatic carbocycles. The summed E-state index contributed by atoms with van der Waals surface area (Å²) in [7, 11) is 1.90. The van der Waals surface area contributed by atoms with E-state index < -0.39 is 0 Å². The van der Waals surface area contributed by atoms with E-state index in [2.05, 4.69) is 26.2 Å². The summed E-state index contributed by atoms with van der Waals surface area (Å²) in [6.07, 6.45) is 14.0. The first kappa shape index (κ1) is 21.7. The van der Waals surface area contributed by atoms with Crippen LogP contribution in [0.25, 0.3) is 33.6 Å². The van der Waals surface area contributed by atoms with E-state index in [0.29, 0.717) is 18.7 Å². The number of aryl methyl sites for hydroxylation is 1. The Kier molecular flexibility index (Phi) is 5.41. The van der Waals surface area contributed by atoms with Crippen molar-refractivity contribution < 1.29 is 9.90 Å². The molecule has 2 bridgehead atoms. The van der Waals surface area contributed by atoms with Crippen LogP contribution < -0.4 is 0 Å². The fourth-order valence-electron chi connectivity index (χ4n) is 5.41. The third kappa shape index (κ3) is 4.23. The van der Waals surface area contributed by atoms with Crippen molar-refractivity contribution in [3.8, 4) is 33.6 Å². The molecule has 0 radical (unpaired) electrons. The standard InChI is InChI=1S/C26H27N7O2/c1-31-14-20(12-29-31)17-3-2-4-18(7-17)26-27-10-19(11-28-26)21-13-30-32(15-21)16-25(35)33-22-5-6-23(33)9-24(34)8-22/h2-4,7,10-15,22-24,34H,5-6,8-9,16H2,1H3. The first-order chi connectivity index (χ1) is 17.0. The minimum Gasteiger partial charge on any atom is -0.393 e. The Labute approximate surface area is 203 Å². The molecule has 9 nitrogen and oxygen atoms in total. The van der Waals surface area contributed by atoms with Crippen molar-refractivity contribution in [2.45, 2.75) is 50.4 Å². The summed E-state index contributed by atoms with van der Waals surface area (Å²) in [4.78, 5) is 24.1. The van der Waals surface area contributed by atoms with Gasteiger partial charge in [-0.3, -0.25) is 14.2 Å². The summed E-state index contributed by atoms with van der Waals surface area (Å²) in [5.41, 5.74) is 4.75. The Morgan fingerprint density at radius 3 is 2.31 bits per heavy atom. The number of aliphatic hydroxyl groups excluding tert-OH is 1. The van der Waals surface area contributed by atoms with Gasteiger partial charge in [0.15, 0.2) is 5.82 Å². The molecule has 2 atom stereocenters. The van der Waals surface area contributed by atoms with Crippen LogP contribution in [-0.4, -0.2) is 63.6 Å². The fraction of sp³-hybridized carbons (Fsp3) is 0.346. The van der Waals surface area contributed by atoms with Gasteiger partial charge >= 0.3 is 0 Å². The molecule has 2 saturated heterocycles. The number of aliphatic hydroxyl groups is 1. The highest BCUT2D eigenvalue weighted by Crippen LogP contribution is 2.36. The number of carbonyl (C=O) groups excluding carboxylic acids is 1. The summed E-state index contributed by atoms with van der Waals surface area (Å²) in [5, 5.41) is 18.6. The maximum atomic E-state index is 13.0. The first-order valence-corrected chi connectivity index (χ1v) is 12.0. The molecule has 2 fully saturated rings. The number of hydrogen-bond donors (Lipinski definition) is 1. The Morgan fingerprint density at radius 2 is 1.60 bits per heavy atom. The maximum Gasteiger partial charge on any atom is 0.244 e. The van der Waals surface area contributed by atoms with E-state index in [1.165, 1.54) is 0 Å². The van der Waals surface area contributed by atoms with Crippen molar-refractivity contribution in [1.29, 1.82) is 0 Å². The summed E-state index contributed by atoms with van der Waals surface area (Å²) >= 11 is 0. The number of hydrogen-bond acceptors (Lipinski definition) is 6. The normalized spacial score (nSPS) is 21.4. The van der Waals surface area contributed by atoms with Crippen molar-refractivity contribution >= 4 is 5.91 Å². The number of amides is 1. The van der Waals surface area contributed by atoms with E-state index in [0.717, 1.165) is 40.7 Å². The Balaban J connectivity index is 1.15. The van der Waals surface area contributed by atoms with Gasteiger partial charge in [0.1, 0.15) is 6.54 Å². The van der Waals surface area contributed by atoms with E-state index >= 15 is 0 Å². The van der Waals surface area contributed by atoms with Gasteiger partial charge in [-0.1, -0.05) is 18.2 Å². The zero-order valence-corrected chi connectivity index (χ0v) is 19.5. The predicted octanol–water partition coefficient (Wildman–Crippen LogP) is 2.92. The zero-order chi connectivity index (χ0) is 23.9. The first-order valence-electron chi connectivity index (χ1n) is 12.0. The van der Waals surface area contributed by atoms with E-state index in [-0.39, 0.29) is 30.6 Å². The minimum atomic E-state index is -0.284. The van der Waals surface area contributed by atoms with E-state index in [4.69, 9.17) is 0 Å². The van der Waals surface area contributed by atoms with Crippen LogP contribution in [0, 0.1) is 0 Å². The van der Waals surface area contributed by atoms with E-state index in [9.17, 15) is 9.90 Å². The van der Waals surface area contributed by atoms with Crippen molar-refractivity contribution in [3.63, 3.8) is 0 Å². The minimum absolute atomic E-state index is 0.0687. The SMILES string of the molecule is Cn1cc(-c2cccc(-c3ncc(-c4cnn(CC(=O)N5C6CCC5CC(O)C6)c4)cn3)c2)cn1. The number of aromatic nitrogens is 6. The molecule has 0 spiro atoms. The number of nitrogens with zero attached hydrogens (tertiary/aromatic N) is 7. The van der Waals surface area contributed by atoms with Crippen molar-refractivity contribution in [2.75, 3.05) is 0 Å². The molecule has 6 rings (SSSR count). The van der Waals surface area contributed by atoms with Gasteiger partial charge in [0, 0.05) is 66.2 Å². The molecule has 2 aliphatic heterocycles. The monoisotopic (exact) mass is 469 g/mol. The smallest absolute Gasteiger partial charge is 0.244 e. The lowest BCUT2D eigenvalue weighted by Crippen LogP contribution is -2.49. The predicted molar refractivity (Wildman–Crippen MR) is 130 cm³/mol. The second-order valence-corrected chi connectivity index (χ2v) is 9.52. The van der Waals surface area contributed by atoms with E-state index in [1.54, 1.807) is 28.0 Å². The molecule has 1 aromatic carbocycles. The van der Waals surface area contributed by atoms with Crippen LogP contribution >= 0.6 is 0 Å². The van der Waals surface area contributed by atoms with Gasteiger partial charge in [0.25, 0.3) is 0 Å². The van der Waals surface area contributed by atoms with Gasteiger partial charge in [0.05, 0.1) is 18.5 Å². The summed E-state index contributed by atoms with van der Waals surface area (Å²) in [6, 6.07) is 8.40. The van der Waals surface area contributed by atoms with Gasteiger partial charge in [-0.05, 0) is 37.3 Å². The number of piperidine rings is 1. The van der Waals surface area contributed by atoms with Crippen LogP contribution in [0.2, 0.25) is 0 Å². The van der Waals surface area contributed by atoms with Gasteiger partial charge in [-0.15, -0.1) is 0 Å². The van der Waals surface area contributed by atoms with Crippen molar-refractivity contribution in [3.05, 3.63) is 61.4 Å². The maximum absolute atomic E-state index is 13.0. The lowest BCUT2D eigenvalue weighted by Gasteiger charge is -2.37. The van der Waals surface area contributed by atoms with Gasteiger partial charge in [0.2, 0.25) is 5.91 Å². The zero-order valence-electron chi connectivity index (χ0n) is 19.5. The molecule has 1 N–H and O–H groups in total. The third-order valence-electron chi connectivity index (χ3n) is 7.07. The lowest BCUT2D eigenvalue weighted by molar-refractivity contribution is -0.138. The molecule has 4 aromatic rings. The molecular weight excluding hydrogens is 442 g/mol.